The van der Waals surface area contributed by atoms with Crippen LogP contribution in [-0.2, 0) is 19.1 Å². The third kappa shape index (κ3) is 6.92. The molecule has 0 aromatic carbocycles. The average Bonchev–Trinajstić information content (AvgIpc) is 3.15. The second-order valence-electron chi connectivity index (χ2n) is 7.80. The first-order chi connectivity index (χ1) is 12.9. The minimum atomic E-state index is -0.965. The molecule has 0 bridgehead atoms. The monoisotopic (exact) mass is 418 g/mol. The number of likely N-dealkylation sites (tertiary alicyclic amines) is 1. The van der Waals surface area contributed by atoms with Crippen LogP contribution in [-0.4, -0.2) is 59.1 Å². The van der Waals surface area contributed by atoms with Crippen molar-refractivity contribution in [2.45, 2.75) is 89.8 Å². The molecule has 1 unspecified atom stereocenters. The number of nitrogens with zero attached hydrogens (tertiary/aromatic N) is 1. The van der Waals surface area contributed by atoms with Gasteiger partial charge in [-0.05, 0) is 45.4 Å². The second-order valence-corrected chi connectivity index (χ2v) is 7.80. The number of hydrogen-bond donors (Lipinski definition) is 2. The molecule has 28 heavy (non-hydrogen) atoms. The van der Waals surface area contributed by atoms with Crippen molar-refractivity contribution >= 4 is 30.3 Å². The van der Waals surface area contributed by atoms with Crippen molar-refractivity contribution in [3.05, 3.63) is 0 Å². The zero-order chi connectivity index (χ0) is 19.8. The average molecular weight is 419 g/mol. The Morgan fingerprint density at radius 1 is 1.14 bits per heavy atom. The standard InChI is InChI=1S/C20H34N2O5.ClH/c1-3-27-20(26)16(12-11-15-8-5-4-6-9-15)21-14(2)18(23)22-13-7-10-17(22)19(24)25;/h14-17,21H,3-13H2,1-2H3,(H,24,25);1H/t14-,16?,17-;/m0./s1. The Morgan fingerprint density at radius 3 is 2.43 bits per heavy atom. The van der Waals surface area contributed by atoms with Crippen LogP contribution in [0, 0.1) is 5.92 Å². The van der Waals surface area contributed by atoms with E-state index in [1.165, 1.54) is 37.0 Å². The van der Waals surface area contributed by atoms with Crippen molar-refractivity contribution < 1.29 is 24.2 Å². The van der Waals surface area contributed by atoms with Crippen LogP contribution in [0.2, 0.25) is 0 Å². The van der Waals surface area contributed by atoms with Gasteiger partial charge in [0.1, 0.15) is 12.1 Å². The first kappa shape index (κ1) is 24.7. The van der Waals surface area contributed by atoms with Gasteiger partial charge < -0.3 is 14.7 Å². The molecule has 1 saturated carbocycles. The van der Waals surface area contributed by atoms with Crippen molar-refractivity contribution in [2.24, 2.45) is 5.92 Å². The van der Waals surface area contributed by atoms with Crippen LogP contribution in [0.1, 0.15) is 71.6 Å². The quantitative estimate of drug-likeness (QED) is 0.559. The van der Waals surface area contributed by atoms with Crippen molar-refractivity contribution in [1.29, 1.82) is 0 Å². The maximum absolute atomic E-state index is 12.7. The Morgan fingerprint density at radius 2 is 1.82 bits per heavy atom. The lowest BCUT2D eigenvalue weighted by molar-refractivity contribution is -0.150. The lowest BCUT2D eigenvalue weighted by Gasteiger charge is -2.29. The number of ether oxygens (including phenoxy) is 1. The third-order valence-corrected chi connectivity index (χ3v) is 5.80. The van der Waals surface area contributed by atoms with Gasteiger partial charge in [-0.15, -0.1) is 12.4 Å². The molecule has 2 fully saturated rings. The molecule has 2 aliphatic rings. The molecule has 1 aliphatic carbocycles. The molecule has 2 rings (SSSR count). The number of halogens is 1. The zero-order valence-electron chi connectivity index (χ0n) is 17.0. The highest BCUT2D eigenvalue weighted by Gasteiger charge is 2.37. The van der Waals surface area contributed by atoms with Crippen LogP contribution >= 0.6 is 12.4 Å². The van der Waals surface area contributed by atoms with Gasteiger partial charge in [-0.2, -0.15) is 0 Å². The normalized spacial score (nSPS) is 22.2. The highest BCUT2D eigenvalue weighted by atomic mass is 35.5. The predicted octanol–water partition coefficient (Wildman–Crippen LogP) is 2.75. The van der Waals surface area contributed by atoms with Gasteiger partial charge in [0.2, 0.25) is 5.91 Å². The molecule has 1 aliphatic heterocycles. The van der Waals surface area contributed by atoms with Gasteiger partial charge >= 0.3 is 11.9 Å². The highest BCUT2D eigenvalue weighted by molar-refractivity contribution is 5.88. The molecule has 3 atom stereocenters. The van der Waals surface area contributed by atoms with E-state index in [2.05, 4.69) is 5.32 Å². The van der Waals surface area contributed by atoms with Crippen molar-refractivity contribution in [3.8, 4) is 0 Å². The fraction of sp³-hybridized carbons (Fsp3) is 0.850. The number of aliphatic carboxylic acids is 1. The van der Waals surface area contributed by atoms with Gasteiger partial charge in [0.05, 0.1) is 12.6 Å². The summed E-state index contributed by atoms with van der Waals surface area (Å²) in [6.07, 6.45) is 8.97. The van der Waals surface area contributed by atoms with Crippen molar-refractivity contribution in [3.63, 3.8) is 0 Å². The smallest absolute Gasteiger partial charge is 0.326 e. The lowest BCUT2D eigenvalue weighted by atomic mass is 9.85. The minimum Gasteiger partial charge on any atom is -0.480 e. The summed E-state index contributed by atoms with van der Waals surface area (Å²) in [6.45, 7) is 4.22. The maximum Gasteiger partial charge on any atom is 0.326 e. The van der Waals surface area contributed by atoms with E-state index in [9.17, 15) is 19.5 Å². The predicted molar refractivity (Wildman–Crippen MR) is 108 cm³/mol. The molecule has 0 aromatic heterocycles. The van der Waals surface area contributed by atoms with Crippen LogP contribution < -0.4 is 5.32 Å². The lowest BCUT2D eigenvalue weighted by Crippen LogP contribution is -2.53. The topological polar surface area (TPSA) is 95.9 Å². The van der Waals surface area contributed by atoms with Gasteiger partial charge in [-0.25, -0.2) is 4.79 Å². The zero-order valence-corrected chi connectivity index (χ0v) is 17.8. The Balaban J connectivity index is 0.00000392. The van der Waals surface area contributed by atoms with Gasteiger partial charge in [-0.3, -0.25) is 14.9 Å². The van der Waals surface area contributed by atoms with Gasteiger partial charge in [-0.1, -0.05) is 32.1 Å². The summed E-state index contributed by atoms with van der Waals surface area (Å²) in [5, 5.41) is 12.4. The molecule has 2 N–H and O–H groups in total. The summed E-state index contributed by atoms with van der Waals surface area (Å²) < 4.78 is 5.19. The number of hydrogen-bond acceptors (Lipinski definition) is 5. The van der Waals surface area contributed by atoms with Crippen LogP contribution in [0.25, 0.3) is 0 Å². The summed E-state index contributed by atoms with van der Waals surface area (Å²) in [5.41, 5.74) is 0. The van der Waals surface area contributed by atoms with E-state index in [0.717, 1.165) is 6.42 Å². The van der Waals surface area contributed by atoms with E-state index in [4.69, 9.17) is 4.74 Å². The first-order valence-corrected chi connectivity index (χ1v) is 10.4. The van der Waals surface area contributed by atoms with Gasteiger partial charge in [0, 0.05) is 6.54 Å². The molecule has 8 heteroatoms. The molecule has 1 heterocycles. The van der Waals surface area contributed by atoms with Crippen LogP contribution in [0.15, 0.2) is 0 Å². The summed E-state index contributed by atoms with van der Waals surface area (Å²) in [7, 11) is 0. The van der Waals surface area contributed by atoms with Crippen LogP contribution in [0.3, 0.4) is 0 Å². The Hall–Kier alpha value is -1.34. The minimum absolute atomic E-state index is 0. The number of esters is 1. The maximum atomic E-state index is 12.7. The number of carboxylic acid groups (broad SMARTS) is 1. The molecule has 0 aromatic rings. The Kier molecular flexibility index (Phi) is 10.8. The SMILES string of the molecule is CCOC(=O)C(CCC1CCCCC1)N[C@@H](C)C(=O)N1CCC[C@H]1C(=O)O.Cl. The van der Waals surface area contributed by atoms with E-state index in [0.29, 0.717) is 38.3 Å². The van der Waals surface area contributed by atoms with E-state index in [1.807, 2.05) is 0 Å². The van der Waals surface area contributed by atoms with E-state index < -0.39 is 24.1 Å². The van der Waals surface area contributed by atoms with Crippen molar-refractivity contribution in [2.75, 3.05) is 13.2 Å². The molecular weight excluding hydrogens is 384 g/mol. The summed E-state index contributed by atoms with van der Waals surface area (Å²) >= 11 is 0. The second kappa shape index (κ2) is 12.3. The van der Waals surface area contributed by atoms with E-state index in [1.54, 1.807) is 13.8 Å². The molecule has 162 valence electrons. The van der Waals surface area contributed by atoms with Crippen molar-refractivity contribution in [1.82, 2.24) is 10.2 Å². The number of carbonyl (C=O) groups is 3. The van der Waals surface area contributed by atoms with Gasteiger partial charge in [0.15, 0.2) is 0 Å². The summed E-state index contributed by atoms with van der Waals surface area (Å²) in [6, 6.07) is -1.91. The largest absolute Gasteiger partial charge is 0.480 e. The van der Waals surface area contributed by atoms with E-state index in [-0.39, 0.29) is 24.3 Å². The molecular formula is C20H35ClN2O5. The summed E-state index contributed by atoms with van der Waals surface area (Å²) in [5.74, 6) is -0.915. The van der Waals surface area contributed by atoms with E-state index >= 15 is 0 Å². The van der Waals surface area contributed by atoms with Crippen LogP contribution in [0.4, 0.5) is 0 Å². The Labute approximate surface area is 174 Å². The fourth-order valence-electron chi connectivity index (χ4n) is 4.30. The highest BCUT2D eigenvalue weighted by Crippen LogP contribution is 2.28. The molecule has 1 saturated heterocycles. The Bertz CT molecular complexity index is 525. The number of nitrogens with one attached hydrogen (secondary N) is 1. The first-order valence-electron chi connectivity index (χ1n) is 10.4. The number of amides is 1. The number of rotatable bonds is 9. The third-order valence-electron chi connectivity index (χ3n) is 5.80. The number of carboxylic acids is 1. The molecule has 1 amide bonds. The number of carbonyl (C=O) groups excluding carboxylic acids is 2. The van der Waals surface area contributed by atoms with Crippen LogP contribution in [0.5, 0.6) is 0 Å². The van der Waals surface area contributed by atoms with Gasteiger partial charge in [0.25, 0.3) is 0 Å². The fourth-order valence-corrected chi connectivity index (χ4v) is 4.30. The molecule has 7 nitrogen and oxygen atoms in total. The summed E-state index contributed by atoms with van der Waals surface area (Å²) in [4.78, 5) is 37.9. The molecule has 0 radical (unpaired) electrons. The molecule has 0 spiro atoms.